The fourth-order valence-electron chi connectivity index (χ4n) is 7.32. The average Bonchev–Trinajstić information content (AvgIpc) is 3.49. The Balaban J connectivity index is 1.39. The van der Waals surface area contributed by atoms with E-state index < -0.39 is 28.9 Å². The second-order valence-electron chi connectivity index (χ2n) is 12.5. The number of terminal acetylenes is 1. The summed E-state index contributed by atoms with van der Waals surface area (Å²) < 4.78 is 58.0. The van der Waals surface area contributed by atoms with Crippen molar-refractivity contribution in [2.45, 2.75) is 49.9 Å². The summed E-state index contributed by atoms with van der Waals surface area (Å²) >= 11 is 0. The Morgan fingerprint density at radius 2 is 2.07 bits per heavy atom. The first-order valence-electron chi connectivity index (χ1n) is 15.5. The number of fused-ring (bicyclic) bond motifs is 3. The molecule has 12 heteroatoms. The molecule has 3 saturated heterocycles. The van der Waals surface area contributed by atoms with Crippen molar-refractivity contribution in [1.29, 1.82) is 0 Å². The molecule has 0 bridgehead atoms. The van der Waals surface area contributed by atoms with Crippen LogP contribution in [0.5, 0.6) is 11.8 Å². The number of aromatic nitrogens is 3. The molecule has 7 rings (SSSR count). The first kappa shape index (κ1) is 30.5. The van der Waals surface area contributed by atoms with Gasteiger partial charge in [-0.1, -0.05) is 18.9 Å². The summed E-state index contributed by atoms with van der Waals surface area (Å²) in [7, 11) is 0. The molecule has 1 unspecified atom stereocenters. The minimum absolute atomic E-state index is 0.0595. The van der Waals surface area contributed by atoms with Crippen LogP contribution in [0.1, 0.15) is 31.7 Å². The number of alkyl halides is 1. The number of aliphatic hydroxyl groups is 1. The van der Waals surface area contributed by atoms with Gasteiger partial charge in [-0.05, 0) is 60.3 Å². The van der Waals surface area contributed by atoms with Crippen molar-refractivity contribution >= 4 is 27.5 Å². The third-order valence-electron chi connectivity index (χ3n) is 9.50. The Bertz CT molecular complexity index is 1890. The van der Waals surface area contributed by atoms with E-state index in [0.29, 0.717) is 35.7 Å². The van der Waals surface area contributed by atoms with E-state index in [1.54, 1.807) is 11.8 Å². The smallest absolute Gasteiger partial charge is 0.319 e. The quantitative estimate of drug-likeness (QED) is 0.296. The maximum Gasteiger partial charge on any atom is 0.319 e. The lowest BCUT2D eigenvalue weighted by Gasteiger charge is -2.31. The van der Waals surface area contributed by atoms with Gasteiger partial charge in [0.15, 0.2) is 11.4 Å². The number of rotatable bonds is 6. The van der Waals surface area contributed by atoms with Crippen molar-refractivity contribution in [2.24, 2.45) is 0 Å². The van der Waals surface area contributed by atoms with E-state index in [1.807, 2.05) is 0 Å². The zero-order chi connectivity index (χ0) is 32.2. The summed E-state index contributed by atoms with van der Waals surface area (Å²) in [5, 5.41) is 22.7. The first-order valence-corrected chi connectivity index (χ1v) is 15.5. The fourth-order valence-corrected chi connectivity index (χ4v) is 7.32. The molecule has 2 aromatic carbocycles. The summed E-state index contributed by atoms with van der Waals surface area (Å²) in [5.41, 5.74) is -1.83. The fraction of sp³-hybridized carbons (Fsp3) is 0.441. The molecule has 3 atom stereocenters. The number of aromatic hydroxyl groups is 1. The van der Waals surface area contributed by atoms with Crippen LogP contribution in [0.2, 0.25) is 0 Å². The summed E-state index contributed by atoms with van der Waals surface area (Å²) in [6, 6.07) is 5.58. The number of ether oxygens (including phenoxy) is 2. The van der Waals surface area contributed by atoms with Crippen molar-refractivity contribution in [1.82, 2.24) is 19.9 Å². The lowest BCUT2D eigenvalue weighted by molar-refractivity contribution is 0.0153. The molecule has 0 spiro atoms. The number of benzene rings is 2. The normalized spacial score (nSPS) is 25.1. The highest BCUT2D eigenvalue weighted by atomic mass is 19.1. The second-order valence-corrected chi connectivity index (χ2v) is 12.5. The van der Waals surface area contributed by atoms with Gasteiger partial charge >= 0.3 is 6.01 Å². The van der Waals surface area contributed by atoms with Crippen LogP contribution in [0, 0.1) is 24.0 Å². The maximum absolute atomic E-state index is 16.8. The standard InChI is InChI=1S/C34H34F3N5O4/c1-3-23-26(36)7-6-20-12-22(43)13-24(27(20)23)29-28(37)30-25(15-38-29)31(41-10-11-45-19-34(44,4-2)17-41)40-32(39-30)46-18-33-8-5-9-42(33)16-21(35)14-33/h2,6-7,12-13,15,21,43-44H,3,5,8-11,14,16-19H2,1H3/t21-,33+,34?/m1/s1. The number of β-amino-alcohol motifs (C(OH)–C–C–N with tert-alkyl or cyclic N) is 1. The molecular formula is C34H34F3N5O4. The first-order chi connectivity index (χ1) is 22.1. The van der Waals surface area contributed by atoms with Gasteiger partial charge in [0.05, 0.1) is 30.7 Å². The molecule has 2 aromatic heterocycles. The largest absolute Gasteiger partial charge is 0.508 e. The molecule has 5 heterocycles. The van der Waals surface area contributed by atoms with Crippen molar-refractivity contribution in [3.8, 4) is 35.4 Å². The molecule has 9 nitrogen and oxygen atoms in total. The van der Waals surface area contributed by atoms with Gasteiger partial charge in [-0.3, -0.25) is 9.88 Å². The molecular weight excluding hydrogens is 599 g/mol. The summed E-state index contributed by atoms with van der Waals surface area (Å²) in [4.78, 5) is 17.4. The minimum Gasteiger partial charge on any atom is -0.508 e. The number of anilines is 1. The molecule has 240 valence electrons. The Kier molecular flexibility index (Phi) is 7.66. The molecule has 0 radical (unpaired) electrons. The summed E-state index contributed by atoms with van der Waals surface area (Å²) in [6.45, 7) is 3.37. The van der Waals surface area contributed by atoms with Crippen LogP contribution in [0.3, 0.4) is 0 Å². The molecule has 0 aliphatic carbocycles. The van der Waals surface area contributed by atoms with Crippen LogP contribution < -0.4 is 9.64 Å². The van der Waals surface area contributed by atoms with E-state index in [9.17, 15) is 19.0 Å². The highest BCUT2D eigenvalue weighted by molar-refractivity contribution is 6.01. The van der Waals surface area contributed by atoms with E-state index >= 15 is 4.39 Å². The van der Waals surface area contributed by atoms with Crippen molar-refractivity contribution in [3.63, 3.8) is 0 Å². The van der Waals surface area contributed by atoms with Crippen molar-refractivity contribution < 1.29 is 32.9 Å². The van der Waals surface area contributed by atoms with E-state index in [4.69, 9.17) is 15.9 Å². The third kappa shape index (κ3) is 5.16. The van der Waals surface area contributed by atoms with E-state index in [0.717, 1.165) is 19.4 Å². The molecule has 46 heavy (non-hydrogen) atoms. The van der Waals surface area contributed by atoms with Gasteiger partial charge in [0.1, 0.15) is 41.4 Å². The molecule has 2 N–H and O–H groups in total. The van der Waals surface area contributed by atoms with Crippen LogP contribution in [-0.2, 0) is 11.2 Å². The third-order valence-corrected chi connectivity index (χ3v) is 9.50. The van der Waals surface area contributed by atoms with E-state index in [1.165, 1.54) is 30.5 Å². The van der Waals surface area contributed by atoms with Gasteiger partial charge in [-0.25, -0.2) is 13.2 Å². The van der Waals surface area contributed by atoms with Crippen LogP contribution in [0.4, 0.5) is 19.0 Å². The molecule has 3 fully saturated rings. The zero-order valence-corrected chi connectivity index (χ0v) is 25.4. The zero-order valence-electron chi connectivity index (χ0n) is 25.4. The van der Waals surface area contributed by atoms with Gasteiger partial charge in [0.2, 0.25) is 0 Å². The number of phenols is 1. The Hall–Kier alpha value is -4.18. The van der Waals surface area contributed by atoms with E-state index in [-0.39, 0.29) is 72.6 Å². The number of hydrogen-bond donors (Lipinski definition) is 2. The highest BCUT2D eigenvalue weighted by Crippen LogP contribution is 2.42. The lowest BCUT2D eigenvalue weighted by Crippen LogP contribution is -2.44. The number of halogens is 3. The average molecular weight is 634 g/mol. The Morgan fingerprint density at radius 3 is 2.87 bits per heavy atom. The van der Waals surface area contributed by atoms with Crippen molar-refractivity contribution in [3.05, 3.63) is 47.7 Å². The second kappa shape index (κ2) is 11.6. The molecule has 4 aromatic rings. The van der Waals surface area contributed by atoms with Gasteiger partial charge in [-0.15, -0.1) is 6.42 Å². The molecule has 3 aliphatic heterocycles. The highest BCUT2D eigenvalue weighted by Gasteiger charge is 2.49. The number of hydrogen-bond acceptors (Lipinski definition) is 9. The molecule has 0 amide bonds. The number of pyridine rings is 1. The predicted octanol–water partition coefficient (Wildman–Crippen LogP) is 4.55. The van der Waals surface area contributed by atoms with Crippen LogP contribution in [-0.4, -0.2) is 93.4 Å². The monoisotopic (exact) mass is 633 g/mol. The van der Waals surface area contributed by atoms with E-state index in [2.05, 4.69) is 25.8 Å². The number of nitrogens with zero attached hydrogens (tertiary/aromatic N) is 5. The predicted molar refractivity (Wildman–Crippen MR) is 167 cm³/mol. The summed E-state index contributed by atoms with van der Waals surface area (Å²) in [6.07, 6.45) is 8.43. The maximum atomic E-state index is 16.8. The number of aryl methyl sites for hydroxylation is 1. The van der Waals surface area contributed by atoms with Crippen molar-refractivity contribution in [2.75, 3.05) is 50.9 Å². The topological polar surface area (TPSA) is 104 Å². The van der Waals surface area contributed by atoms with Crippen LogP contribution in [0.15, 0.2) is 30.5 Å². The van der Waals surface area contributed by atoms with Gasteiger partial charge < -0.3 is 24.6 Å². The summed E-state index contributed by atoms with van der Waals surface area (Å²) in [5.74, 6) is 1.20. The molecule has 0 saturated carbocycles. The minimum atomic E-state index is -1.63. The van der Waals surface area contributed by atoms with Crippen LogP contribution in [0.25, 0.3) is 32.9 Å². The van der Waals surface area contributed by atoms with Gasteiger partial charge in [0.25, 0.3) is 0 Å². The SMILES string of the molecule is C#CC1(O)COCCN(c2nc(OC[C@@]34CCCN3C[C@H](F)C4)nc3c(F)c(-c4cc(O)cc5ccc(F)c(CC)c45)ncc23)C1. The van der Waals surface area contributed by atoms with Gasteiger partial charge in [-0.2, -0.15) is 9.97 Å². The number of phenolic OH excluding ortho intramolecular Hbond substituents is 1. The Morgan fingerprint density at radius 1 is 1.22 bits per heavy atom. The Labute approximate surface area is 264 Å². The van der Waals surface area contributed by atoms with Crippen LogP contribution >= 0.6 is 0 Å². The van der Waals surface area contributed by atoms with Gasteiger partial charge in [0, 0.05) is 31.3 Å². The lowest BCUT2D eigenvalue weighted by atomic mass is 9.94. The molecule has 3 aliphatic rings.